The van der Waals surface area contributed by atoms with Crippen LogP contribution >= 0.6 is 0 Å². The molecule has 0 aliphatic heterocycles. The Hall–Kier alpha value is -2.27. The molecule has 0 unspecified atom stereocenters. The SMILES string of the molecule is CCCOc1cc(C)ccc1NC(=O)c1ccc(CN)o1. The van der Waals surface area contributed by atoms with Crippen LogP contribution in [0.5, 0.6) is 5.75 Å². The van der Waals surface area contributed by atoms with Crippen molar-refractivity contribution in [2.45, 2.75) is 26.8 Å². The summed E-state index contributed by atoms with van der Waals surface area (Å²) in [6.07, 6.45) is 0.902. The number of benzene rings is 1. The molecule has 0 radical (unpaired) electrons. The third kappa shape index (κ3) is 3.86. The zero-order chi connectivity index (χ0) is 15.2. The molecule has 1 heterocycles. The molecule has 1 aromatic carbocycles. The molecule has 0 bridgehead atoms. The van der Waals surface area contributed by atoms with Gasteiger partial charge in [-0.25, -0.2) is 0 Å². The van der Waals surface area contributed by atoms with Crippen LogP contribution < -0.4 is 15.8 Å². The van der Waals surface area contributed by atoms with Gasteiger partial charge in [-0.1, -0.05) is 13.0 Å². The van der Waals surface area contributed by atoms with Crippen LogP contribution in [0.15, 0.2) is 34.7 Å². The van der Waals surface area contributed by atoms with E-state index in [1.807, 2.05) is 32.0 Å². The lowest BCUT2D eigenvalue weighted by molar-refractivity contribution is 0.0994. The summed E-state index contributed by atoms with van der Waals surface area (Å²) in [6.45, 7) is 4.88. The lowest BCUT2D eigenvalue weighted by Gasteiger charge is -2.12. The highest BCUT2D eigenvalue weighted by atomic mass is 16.5. The molecule has 1 aromatic heterocycles. The van der Waals surface area contributed by atoms with E-state index in [2.05, 4.69) is 5.32 Å². The molecular weight excluding hydrogens is 268 g/mol. The van der Waals surface area contributed by atoms with E-state index in [1.54, 1.807) is 12.1 Å². The summed E-state index contributed by atoms with van der Waals surface area (Å²) in [5.41, 5.74) is 7.17. The van der Waals surface area contributed by atoms with Crippen molar-refractivity contribution in [3.05, 3.63) is 47.4 Å². The number of ether oxygens (including phenoxy) is 1. The van der Waals surface area contributed by atoms with E-state index in [9.17, 15) is 4.79 Å². The van der Waals surface area contributed by atoms with Gasteiger partial charge in [0, 0.05) is 0 Å². The molecule has 0 atom stereocenters. The molecule has 0 saturated heterocycles. The van der Waals surface area contributed by atoms with E-state index >= 15 is 0 Å². The van der Waals surface area contributed by atoms with Crippen LogP contribution in [0, 0.1) is 6.92 Å². The highest BCUT2D eigenvalue weighted by Gasteiger charge is 2.13. The Morgan fingerprint density at radius 3 is 2.81 bits per heavy atom. The van der Waals surface area contributed by atoms with Crippen LogP contribution in [0.25, 0.3) is 0 Å². The Kier molecular flexibility index (Phi) is 5.00. The summed E-state index contributed by atoms with van der Waals surface area (Å²) in [7, 11) is 0. The fourth-order valence-corrected chi connectivity index (χ4v) is 1.86. The Morgan fingerprint density at radius 2 is 2.14 bits per heavy atom. The first-order valence-electron chi connectivity index (χ1n) is 6.97. The van der Waals surface area contributed by atoms with Gasteiger partial charge in [-0.2, -0.15) is 0 Å². The molecule has 5 heteroatoms. The third-order valence-corrected chi connectivity index (χ3v) is 2.93. The minimum absolute atomic E-state index is 0.234. The molecule has 5 nitrogen and oxygen atoms in total. The second-order valence-corrected chi connectivity index (χ2v) is 4.77. The number of furan rings is 1. The number of nitrogens with one attached hydrogen (secondary N) is 1. The van der Waals surface area contributed by atoms with Gasteiger partial charge in [0.05, 0.1) is 18.8 Å². The van der Waals surface area contributed by atoms with Gasteiger partial charge in [0.25, 0.3) is 5.91 Å². The fraction of sp³-hybridized carbons (Fsp3) is 0.312. The number of rotatable bonds is 6. The van der Waals surface area contributed by atoms with Crippen LogP contribution in [0.4, 0.5) is 5.69 Å². The normalized spacial score (nSPS) is 10.4. The molecule has 21 heavy (non-hydrogen) atoms. The zero-order valence-electron chi connectivity index (χ0n) is 12.3. The number of amides is 1. The molecule has 0 aliphatic carbocycles. The summed E-state index contributed by atoms with van der Waals surface area (Å²) in [6, 6.07) is 8.95. The quantitative estimate of drug-likeness (QED) is 0.856. The molecular formula is C16H20N2O3. The van der Waals surface area contributed by atoms with Gasteiger partial charge in [-0.15, -0.1) is 0 Å². The van der Waals surface area contributed by atoms with E-state index < -0.39 is 0 Å². The maximum Gasteiger partial charge on any atom is 0.291 e. The molecule has 0 fully saturated rings. The fourth-order valence-electron chi connectivity index (χ4n) is 1.86. The smallest absolute Gasteiger partial charge is 0.291 e. The van der Waals surface area contributed by atoms with Gasteiger partial charge in [-0.05, 0) is 43.2 Å². The standard InChI is InChI=1S/C16H20N2O3/c1-3-8-20-15-9-11(2)4-6-13(15)18-16(19)14-7-5-12(10-17)21-14/h4-7,9H,3,8,10,17H2,1-2H3,(H,18,19). The number of aryl methyl sites for hydroxylation is 1. The highest BCUT2D eigenvalue weighted by molar-refractivity contribution is 6.03. The molecule has 0 spiro atoms. The Balaban J connectivity index is 2.16. The number of carbonyl (C=O) groups excluding carboxylic acids is 1. The number of anilines is 1. The first kappa shape index (κ1) is 15.1. The molecule has 0 saturated carbocycles. The lowest BCUT2D eigenvalue weighted by atomic mass is 10.2. The van der Waals surface area contributed by atoms with Crippen LogP contribution in [0.1, 0.15) is 35.2 Å². The molecule has 112 valence electrons. The van der Waals surface area contributed by atoms with Crippen molar-refractivity contribution < 1.29 is 13.9 Å². The monoisotopic (exact) mass is 288 g/mol. The maximum atomic E-state index is 12.2. The first-order valence-corrected chi connectivity index (χ1v) is 6.97. The van der Waals surface area contributed by atoms with Gasteiger partial charge >= 0.3 is 0 Å². The largest absolute Gasteiger partial charge is 0.491 e. The number of hydrogen-bond donors (Lipinski definition) is 2. The average Bonchev–Trinajstić information content (AvgIpc) is 2.96. The zero-order valence-corrected chi connectivity index (χ0v) is 12.3. The van der Waals surface area contributed by atoms with Gasteiger partial charge in [0.2, 0.25) is 0 Å². The summed E-state index contributed by atoms with van der Waals surface area (Å²) < 4.78 is 11.0. The van der Waals surface area contributed by atoms with E-state index in [4.69, 9.17) is 14.9 Å². The van der Waals surface area contributed by atoms with E-state index in [1.165, 1.54) is 0 Å². The van der Waals surface area contributed by atoms with E-state index in [-0.39, 0.29) is 18.2 Å². The first-order chi connectivity index (χ1) is 10.1. The molecule has 0 aliphatic rings. The molecule has 2 rings (SSSR count). The van der Waals surface area contributed by atoms with Crippen molar-refractivity contribution in [1.82, 2.24) is 0 Å². The van der Waals surface area contributed by atoms with Gasteiger partial charge < -0.3 is 20.2 Å². The van der Waals surface area contributed by atoms with E-state index in [0.29, 0.717) is 23.8 Å². The van der Waals surface area contributed by atoms with Crippen LogP contribution in [0.3, 0.4) is 0 Å². The van der Waals surface area contributed by atoms with E-state index in [0.717, 1.165) is 12.0 Å². The lowest BCUT2D eigenvalue weighted by Crippen LogP contribution is -2.12. The number of nitrogens with two attached hydrogens (primary N) is 1. The Morgan fingerprint density at radius 1 is 1.33 bits per heavy atom. The Bertz CT molecular complexity index is 620. The van der Waals surface area contributed by atoms with Crippen LogP contribution in [-0.4, -0.2) is 12.5 Å². The predicted molar refractivity (Wildman–Crippen MR) is 81.5 cm³/mol. The van der Waals surface area contributed by atoms with Gasteiger partial charge in [-0.3, -0.25) is 4.79 Å². The highest BCUT2D eigenvalue weighted by Crippen LogP contribution is 2.26. The molecule has 1 amide bonds. The second kappa shape index (κ2) is 6.95. The second-order valence-electron chi connectivity index (χ2n) is 4.77. The summed E-state index contributed by atoms with van der Waals surface area (Å²) in [5.74, 6) is 1.15. The van der Waals surface area contributed by atoms with Crippen molar-refractivity contribution in [3.63, 3.8) is 0 Å². The van der Waals surface area contributed by atoms with Crippen molar-refractivity contribution in [1.29, 1.82) is 0 Å². The van der Waals surface area contributed by atoms with Crippen molar-refractivity contribution in [2.24, 2.45) is 5.73 Å². The molecule has 3 N–H and O–H groups in total. The number of hydrogen-bond acceptors (Lipinski definition) is 4. The van der Waals surface area contributed by atoms with Gasteiger partial charge in [0.15, 0.2) is 5.76 Å². The average molecular weight is 288 g/mol. The predicted octanol–water partition coefficient (Wildman–Crippen LogP) is 3.09. The van der Waals surface area contributed by atoms with Crippen molar-refractivity contribution in [3.8, 4) is 5.75 Å². The van der Waals surface area contributed by atoms with Gasteiger partial charge in [0.1, 0.15) is 11.5 Å². The van der Waals surface area contributed by atoms with Crippen molar-refractivity contribution >= 4 is 11.6 Å². The minimum atomic E-state index is -0.320. The van der Waals surface area contributed by atoms with Crippen LogP contribution in [0.2, 0.25) is 0 Å². The topological polar surface area (TPSA) is 77.5 Å². The summed E-state index contributed by atoms with van der Waals surface area (Å²) in [4.78, 5) is 12.2. The Labute approximate surface area is 124 Å². The summed E-state index contributed by atoms with van der Waals surface area (Å²) in [5, 5.41) is 2.80. The third-order valence-electron chi connectivity index (χ3n) is 2.93. The maximum absolute atomic E-state index is 12.2. The minimum Gasteiger partial charge on any atom is -0.491 e. The molecule has 2 aromatic rings. The number of carbonyl (C=O) groups is 1. The van der Waals surface area contributed by atoms with Crippen molar-refractivity contribution in [2.75, 3.05) is 11.9 Å². The summed E-state index contributed by atoms with van der Waals surface area (Å²) >= 11 is 0. The van der Waals surface area contributed by atoms with Crippen LogP contribution in [-0.2, 0) is 6.54 Å².